The summed E-state index contributed by atoms with van der Waals surface area (Å²) in [4.78, 5) is 29.5. The Morgan fingerprint density at radius 3 is 2.51 bits per heavy atom. The Bertz CT molecular complexity index is 879. The number of hydrogen-bond donors (Lipinski definition) is 0. The van der Waals surface area contributed by atoms with Crippen molar-refractivity contribution < 1.29 is 33.3 Å². The van der Waals surface area contributed by atoms with E-state index in [1.165, 1.54) is 0 Å². The molecule has 196 valence electrons. The van der Waals surface area contributed by atoms with Gasteiger partial charge in [-0.25, -0.2) is 4.79 Å². The lowest BCUT2D eigenvalue weighted by Gasteiger charge is -2.36. The Kier molecular flexibility index (Phi) is 9.24. The molecule has 1 heterocycles. The molecule has 2 fully saturated rings. The zero-order valence-electron chi connectivity index (χ0n) is 21.9. The molecule has 1 saturated carbocycles. The number of carbonyl (C=O) groups excluding carboxylic acids is 2. The molecule has 3 rings (SSSR count). The van der Waals surface area contributed by atoms with Crippen molar-refractivity contribution in [2.45, 2.75) is 71.2 Å². The number of ether oxygens (including phenoxy) is 5. The SMILES string of the molecule is COCCCOc1cc(CN(C(=O)[C@H]2CN(C(=O)OC(C)(C)C)CCO2)C2CC2)c(C)cc1OC. The molecule has 0 bridgehead atoms. The molecular formula is C26H40N2O7. The highest BCUT2D eigenvalue weighted by Gasteiger charge is 2.39. The first-order chi connectivity index (χ1) is 16.6. The lowest BCUT2D eigenvalue weighted by Crippen LogP contribution is -2.53. The largest absolute Gasteiger partial charge is 0.493 e. The first kappa shape index (κ1) is 27.1. The van der Waals surface area contributed by atoms with Crippen LogP contribution in [-0.4, -0.2) is 86.7 Å². The number of aryl methyl sites for hydroxylation is 1. The van der Waals surface area contributed by atoms with Crippen molar-refractivity contribution >= 4 is 12.0 Å². The molecule has 2 aliphatic rings. The maximum atomic E-state index is 13.6. The van der Waals surface area contributed by atoms with Crippen molar-refractivity contribution in [2.24, 2.45) is 0 Å². The third kappa shape index (κ3) is 7.73. The second kappa shape index (κ2) is 11.9. The van der Waals surface area contributed by atoms with E-state index in [1.807, 2.05) is 44.7 Å². The number of methoxy groups -OCH3 is 2. The van der Waals surface area contributed by atoms with Gasteiger partial charge in [0.2, 0.25) is 0 Å². The van der Waals surface area contributed by atoms with E-state index in [2.05, 4.69) is 0 Å². The Balaban J connectivity index is 1.72. The van der Waals surface area contributed by atoms with Gasteiger partial charge in [0, 0.05) is 39.3 Å². The van der Waals surface area contributed by atoms with Crippen molar-refractivity contribution in [1.82, 2.24) is 9.80 Å². The molecule has 0 spiro atoms. The van der Waals surface area contributed by atoms with Gasteiger partial charge in [-0.2, -0.15) is 0 Å². The minimum atomic E-state index is -0.708. The summed E-state index contributed by atoms with van der Waals surface area (Å²) in [5.74, 6) is 1.22. The molecule has 1 saturated heterocycles. The van der Waals surface area contributed by atoms with Crippen LogP contribution >= 0.6 is 0 Å². The van der Waals surface area contributed by atoms with E-state index in [9.17, 15) is 9.59 Å². The third-order valence-electron chi connectivity index (χ3n) is 5.98. The van der Waals surface area contributed by atoms with Crippen LogP contribution in [0.15, 0.2) is 12.1 Å². The summed E-state index contributed by atoms with van der Waals surface area (Å²) in [5, 5.41) is 0. The fourth-order valence-corrected chi connectivity index (χ4v) is 3.96. The highest BCUT2D eigenvalue weighted by atomic mass is 16.6. The molecule has 1 atom stereocenters. The molecule has 0 aromatic heterocycles. The van der Waals surface area contributed by atoms with Crippen LogP contribution in [0.4, 0.5) is 4.79 Å². The number of amides is 2. The van der Waals surface area contributed by atoms with E-state index in [0.717, 1.165) is 30.4 Å². The zero-order valence-corrected chi connectivity index (χ0v) is 21.9. The van der Waals surface area contributed by atoms with Gasteiger partial charge >= 0.3 is 6.09 Å². The predicted molar refractivity (Wildman–Crippen MR) is 131 cm³/mol. The van der Waals surface area contributed by atoms with Gasteiger partial charge in [-0.3, -0.25) is 4.79 Å². The van der Waals surface area contributed by atoms with Gasteiger partial charge < -0.3 is 33.5 Å². The summed E-state index contributed by atoms with van der Waals surface area (Å²) in [6.45, 7) is 9.95. The van der Waals surface area contributed by atoms with Crippen LogP contribution in [0.5, 0.6) is 11.5 Å². The van der Waals surface area contributed by atoms with Crippen molar-refractivity contribution in [3.05, 3.63) is 23.3 Å². The van der Waals surface area contributed by atoms with Crippen LogP contribution < -0.4 is 9.47 Å². The number of carbonyl (C=O) groups is 2. The van der Waals surface area contributed by atoms with Crippen LogP contribution in [0.2, 0.25) is 0 Å². The summed E-state index contributed by atoms with van der Waals surface area (Å²) in [5.41, 5.74) is 1.42. The van der Waals surface area contributed by atoms with Crippen molar-refractivity contribution in [3.8, 4) is 11.5 Å². The second-order valence-electron chi connectivity index (χ2n) is 10.1. The fourth-order valence-electron chi connectivity index (χ4n) is 3.96. The van der Waals surface area contributed by atoms with E-state index in [1.54, 1.807) is 19.1 Å². The van der Waals surface area contributed by atoms with Crippen molar-refractivity contribution in [1.29, 1.82) is 0 Å². The molecule has 9 heteroatoms. The number of hydrogen-bond acceptors (Lipinski definition) is 7. The van der Waals surface area contributed by atoms with Gasteiger partial charge in [0.15, 0.2) is 17.6 Å². The lowest BCUT2D eigenvalue weighted by atomic mass is 10.1. The van der Waals surface area contributed by atoms with Crippen molar-refractivity contribution in [2.75, 3.05) is 47.1 Å². The van der Waals surface area contributed by atoms with E-state index >= 15 is 0 Å². The minimum absolute atomic E-state index is 0.0986. The summed E-state index contributed by atoms with van der Waals surface area (Å²) >= 11 is 0. The maximum absolute atomic E-state index is 13.6. The zero-order chi connectivity index (χ0) is 25.6. The Morgan fingerprint density at radius 1 is 1.14 bits per heavy atom. The Morgan fingerprint density at radius 2 is 1.89 bits per heavy atom. The quantitative estimate of drug-likeness (QED) is 0.462. The number of rotatable bonds is 10. The minimum Gasteiger partial charge on any atom is -0.493 e. The van der Waals surface area contributed by atoms with Gasteiger partial charge in [-0.15, -0.1) is 0 Å². The number of nitrogens with zero attached hydrogens (tertiary/aromatic N) is 2. The third-order valence-corrected chi connectivity index (χ3v) is 5.98. The van der Waals surface area contributed by atoms with Crippen LogP contribution in [0.1, 0.15) is 51.2 Å². The smallest absolute Gasteiger partial charge is 0.410 e. The molecule has 1 aromatic carbocycles. The van der Waals surface area contributed by atoms with E-state index in [-0.39, 0.29) is 18.5 Å². The van der Waals surface area contributed by atoms with Gasteiger partial charge in [0.1, 0.15) is 5.60 Å². The van der Waals surface area contributed by atoms with Gasteiger partial charge in [0.25, 0.3) is 5.91 Å². The molecular weight excluding hydrogens is 452 g/mol. The van der Waals surface area contributed by atoms with Gasteiger partial charge in [-0.05, 0) is 63.8 Å². The van der Waals surface area contributed by atoms with E-state index in [4.69, 9.17) is 23.7 Å². The average molecular weight is 493 g/mol. The first-order valence-corrected chi connectivity index (χ1v) is 12.3. The highest BCUT2D eigenvalue weighted by Crippen LogP contribution is 2.34. The lowest BCUT2D eigenvalue weighted by molar-refractivity contribution is -0.150. The Hall–Kier alpha value is -2.52. The highest BCUT2D eigenvalue weighted by molar-refractivity contribution is 5.83. The summed E-state index contributed by atoms with van der Waals surface area (Å²) in [6.07, 6.45) is 1.56. The van der Waals surface area contributed by atoms with Crippen LogP contribution in [-0.2, 0) is 25.5 Å². The number of benzene rings is 1. The standard InChI is InChI=1S/C26H40N2O7/c1-18-14-21(32-6)22(33-12-7-11-31-5)15-19(18)16-28(20-8-9-20)24(29)23-17-27(10-13-34-23)25(30)35-26(2,3)4/h14-15,20,23H,7-13,16-17H2,1-6H3/t23-/m1/s1. The van der Waals surface area contributed by atoms with Crippen LogP contribution in [0, 0.1) is 6.92 Å². The maximum Gasteiger partial charge on any atom is 0.410 e. The summed E-state index contributed by atoms with van der Waals surface area (Å²) in [6, 6.07) is 4.08. The number of morpholine rings is 1. The molecule has 1 aromatic rings. The summed E-state index contributed by atoms with van der Waals surface area (Å²) in [7, 11) is 3.28. The molecule has 9 nitrogen and oxygen atoms in total. The van der Waals surface area contributed by atoms with E-state index < -0.39 is 17.8 Å². The van der Waals surface area contributed by atoms with Gasteiger partial charge in [0.05, 0.1) is 26.9 Å². The average Bonchev–Trinajstić information content (AvgIpc) is 3.65. The Labute approximate surface area is 208 Å². The summed E-state index contributed by atoms with van der Waals surface area (Å²) < 4.78 is 27.9. The molecule has 0 radical (unpaired) electrons. The first-order valence-electron chi connectivity index (χ1n) is 12.3. The van der Waals surface area contributed by atoms with Gasteiger partial charge in [-0.1, -0.05) is 0 Å². The predicted octanol–water partition coefficient (Wildman–Crippen LogP) is 3.55. The molecule has 0 N–H and O–H groups in total. The molecule has 2 amide bonds. The van der Waals surface area contributed by atoms with Crippen LogP contribution in [0.25, 0.3) is 0 Å². The van der Waals surface area contributed by atoms with E-state index in [0.29, 0.717) is 44.4 Å². The fraction of sp³-hybridized carbons (Fsp3) is 0.692. The molecule has 1 aliphatic carbocycles. The monoisotopic (exact) mass is 492 g/mol. The normalized spacial score (nSPS) is 18.2. The molecule has 0 unspecified atom stereocenters. The van der Waals surface area contributed by atoms with Crippen molar-refractivity contribution in [3.63, 3.8) is 0 Å². The molecule has 1 aliphatic heterocycles. The second-order valence-corrected chi connectivity index (χ2v) is 10.1. The topological polar surface area (TPSA) is 86.8 Å². The van der Waals surface area contributed by atoms with Crippen LogP contribution in [0.3, 0.4) is 0 Å². The molecule has 35 heavy (non-hydrogen) atoms.